The van der Waals surface area contributed by atoms with Crippen molar-refractivity contribution in [3.8, 4) is 11.5 Å². The van der Waals surface area contributed by atoms with E-state index < -0.39 is 6.04 Å². The first kappa shape index (κ1) is 24.5. The van der Waals surface area contributed by atoms with Gasteiger partial charge in [-0.1, -0.05) is 30.7 Å². The predicted octanol–water partition coefficient (Wildman–Crippen LogP) is 4.45. The average Bonchev–Trinajstić information content (AvgIpc) is 2.79. The summed E-state index contributed by atoms with van der Waals surface area (Å²) in [5, 5.41) is 3.52. The third kappa shape index (κ3) is 8.13. The average molecular weight is 447 g/mol. The topological polar surface area (TPSA) is 67.9 Å². The largest absolute Gasteiger partial charge is 0.497 e. The number of nitrogens with one attached hydrogen (secondary N) is 1. The fourth-order valence-corrected chi connectivity index (χ4v) is 3.16. The molecule has 0 aromatic heterocycles. The van der Waals surface area contributed by atoms with Crippen LogP contribution in [0.25, 0.3) is 0 Å². The molecule has 2 amide bonds. The third-order valence-electron chi connectivity index (χ3n) is 4.82. The molecule has 0 saturated heterocycles. The molecular formula is C24H31ClN2O4. The third-order valence-corrected chi connectivity index (χ3v) is 5.07. The molecule has 0 saturated carbocycles. The monoisotopic (exact) mass is 446 g/mol. The SMILES string of the molecule is CCCNC(=O)[C@H](C)N(Cc1cccc(OC)c1)C(=O)CCCOc1ccc(Cl)cc1. The lowest BCUT2D eigenvalue weighted by Gasteiger charge is -2.29. The molecule has 0 aliphatic carbocycles. The highest BCUT2D eigenvalue weighted by molar-refractivity contribution is 6.30. The Morgan fingerprint density at radius 1 is 1.13 bits per heavy atom. The molecule has 2 aromatic carbocycles. The molecule has 0 radical (unpaired) electrons. The molecule has 0 aliphatic heterocycles. The molecule has 31 heavy (non-hydrogen) atoms. The smallest absolute Gasteiger partial charge is 0.242 e. The number of carbonyl (C=O) groups excluding carboxylic acids is 2. The normalized spacial score (nSPS) is 11.5. The van der Waals surface area contributed by atoms with Crippen LogP contribution in [0.1, 0.15) is 38.7 Å². The number of halogens is 1. The number of hydrogen-bond donors (Lipinski definition) is 1. The molecule has 0 bridgehead atoms. The second-order valence-corrected chi connectivity index (χ2v) is 7.68. The fraction of sp³-hybridized carbons (Fsp3) is 0.417. The first-order chi connectivity index (χ1) is 14.9. The second-order valence-electron chi connectivity index (χ2n) is 7.25. The predicted molar refractivity (Wildman–Crippen MR) is 122 cm³/mol. The van der Waals surface area contributed by atoms with Crippen LogP contribution in [0.5, 0.6) is 11.5 Å². The van der Waals surface area contributed by atoms with Crippen molar-refractivity contribution in [1.82, 2.24) is 10.2 Å². The van der Waals surface area contributed by atoms with Crippen molar-refractivity contribution in [3.63, 3.8) is 0 Å². The molecule has 0 spiro atoms. The van der Waals surface area contributed by atoms with Gasteiger partial charge in [0.05, 0.1) is 13.7 Å². The summed E-state index contributed by atoms with van der Waals surface area (Å²) in [7, 11) is 1.60. The Morgan fingerprint density at radius 2 is 1.87 bits per heavy atom. The van der Waals surface area contributed by atoms with Gasteiger partial charge in [0, 0.05) is 24.5 Å². The fourth-order valence-electron chi connectivity index (χ4n) is 3.03. The number of rotatable bonds is 12. The zero-order valence-electron chi connectivity index (χ0n) is 18.4. The Balaban J connectivity index is 2.00. The van der Waals surface area contributed by atoms with Gasteiger partial charge < -0.3 is 19.7 Å². The molecule has 0 aliphatic rings. The van der Waals surface area contributed by atoms with E-state index in [0.29, 0.717) is 42.6 Å². The summed E-state index contributed by atoms with van der Waals surface area (Å²) in [6.45, 7) is 5.06. The Labute approximate surface area is 189 Å². The zero-order chi connectivity index (χ0) is 22.6. The highest BCUT2D eigenvalue weighted by Crippen LogP contribution is 2.18. The molecule has 6 nitrogen and oxygen atoms in total. The minimum absolute atomic E-state index is 0.0957. The summed E-state index contributed by atoms with van der Waals surface area (Å²) in [5.74, 6) is 1.17. The van der Waals surface area contributed by atoms with Crippen LogP contribution in [0.3, 0.4) is 0 Å². The summed E-state index contributed by atoms with van der Waals surface area (Å²) in [5.41, 5.74) is 0.903. The summed E-state index contributed by atoms with van der Waals surface area (Å²) < 4.78 is 11.0. The van der Waals surface area contributed by atoms with E-state index in [4.69, 9.17) is 21.1 Å². The number of ether oxygens (including phenoxy) is 2. The van der Waals surface area contributed by atoms with Gasteiger partial charge in [0.2, 0.25) is 11.8 Å². The maximum atomic E-state index is 13.0. The highest BCUT2D eigenvalue weighted by Gasteiger charge is 2.25. The molecule has 0 fully saturated rings. The Bertz CT molecular complexity index is 842. The lowest BCUT2D eigenvalue weighted by atomic mass is 10.1. The first-order valence-electron chi connectivity index (χ1n) is 10.5. The van der Waals surface area contributed by atoms with Crippen molar-refractivity contribution < 1.29 is 19.1 Å². The van der Waals surface area contributed by atoms with Gasteiger partial charge in [0.1, 0.15) is 17.5 Å². The quantitative estimate of drug-likeness (QED) is 0.489. The van der Waals surface area contributed by atoms with Crippen LogP contribution in [0.2, 0.25) is 5.02 Å². The van der Waals surface area contributed by atoms with Crippen molar-refractivity contribution in [2.75, 3.05) is 20.3 Å². The van der Waals surface area contributed by atoms with Gasteiger partial charge in [0.25, 0.3) is 0 Å². The van der Waals surface area contributed by atoms with E-state index in [1.54, 1.807) is 43.2 Å². The van der Waals surface area contributed by atoms with E-state index in [9.17, 15) is 9.59 Å². The van der Waals surface area contributed by atoms with Crippen LogP contribution in [-0.2, 0) is 16.1 Å². The Hall–Kier alpha value is -2.73. The van der Waals surface area contributed by atoms with Crippen LogP contribution >= 0.6 is 11.6 Å². The van der Waals surface area contributed by atoms with Crippen molar-refractivity contribution in [1.29, 1.82) is 0 Å². The minimum atomic E-state index is -0.581. The highest BCUT2D eigenvalue weighted by atomic mass is 35.5. The minimum Gasteiger partial charge on any atom is -0.497 e. The van der Waals surface area contributed by atoms with E-state index in [1.165, 1.54) is 0 Å². The van der Waals surface area contributed by atoms with Crippen molar-refractivity contribution in [2.45, 2.75) is 45.7 Å². The van der Waals surface area contributed by atoms with Crippen LogP contribution in [0.15, 0.2) is 48.5 Å². The van der Waals surface area contributed by atoms with Crippen LogP contribution in [0, 0.1) is 0 Å². The standard InChI is InChI=1S/C24H31ClN2O4/c1-4-14-26-24(29)18(2)27(17-19-7-5-8-22(16-19)30-3)23(28)9-6-15-31-21-12-10-20(25)11-13-21/h5,7-8,10-13,16,18H,4,6,9,14-15,17H2,1-3H3,(H,26,29)/t18-/m0/s1. The van der Waals surface area contributed by atoms with Gasteiger partial charge in [0.15, 0.2) is 0 Å². The Morgan fingerprint density at radius 3 is 2.55 bits per heavy atom. The van der Waals surface area contributed by atoms with Gasteiger partial charge in [-0.15, -0.1) is 0 Å². The number of nitrogens with zero attached hydrogens (tertiary/aromatic N) is 1. The summed E-state index contributed by atoms with van der Waals surface area (Å²) in [4.78, 5) is 27.2. The first-order valence-corrected chi connectivity index (χ1v) is 10.9. The number of amides is 2. The van der Waals surface area contributed by atoms with Crippen LogP contribution in [0.4, 0.5) is 0 Å². The summed E-state index contributed by atoms with van der Waals surface area (Å²) in [6.07, 6.45) is 1.66. The number of carbonyl (C=O) groups is 2. The van der Waals surface area contributed by atoms with Gasteiger partial charge in [-0.2, -0.15) is 0 Å². The van der Waals surface area contributed by atoms with Crippen molar-refractivity contribution >= 4 is 23.4 Å². The van der Waals surface area contributed by atoms with E-state index in [0.717, 1.165) is 12.0 Å². The van der Waals surface area contributed by atoms with E-state index in [-0.39, 0.29) is 18.2 Å². The molecule has 2 aromatic rings. The lowest BCUT2D eigenvalue weighted by molar-refractivity contribution is -0.140. The van der Waals surface area contributed by atoms with Gasteiger partial charge in [-0.05, 0) is 61.7 Å². The molecular weight excluding hydrogens is 416 g/mol. The van der Waals surface area contributed by atoms with E-state index in [1.807, 2.05) is 31.2 Å². The maximum Gasteiger partial charge on any atom is 0.242 e. The van der Waals surface area contributed by atoms with Crippen LogP contribution in [-0.4, -0.2) is 43.0 Å². The number of hydrogen-bond acceptors (Lipinski definition) is 4. The van der Waals surface area contributed by atoms with E-state index in [2.05, 4.69) is 5.32 Å². The van der Waals surface area contributed by atoms with Gasteiger partial charge in [-0.3, -0.25) is 9.59 Å². The van der Waals surface area contributed by atoms with Crippen molar-refractivity contribution in [2.24, 2.45) is 0 Å². The van der Waals surface area contributed by atoms with Crippen molar-refractivity contribution in [3.05, 3.63) is 59.1 Å². The van der Waals surface area contributed by atoms with Gasteiger partial charge >= 0.3 is 0 Å². The van der Waals surface area contributed by atoms with Gasteiger partial charge in [-0.25, -0.2) is 0 Å². The molecule has 0 heterocycles. The zero-order valence-corrected chi connectivity index (χ0v) is 19.2. The molecule has 2 rings (SSSR count). The number of methoxy groups -OCH3 is 1. The number of benzene rings is 2. The molecule has 7 heteroatoms. The molecule has 1 N–H and O–H groups in total. The summed E-state index contributed by atoms with van der Waals surface area (Å²) >= 11 is 5.88. The second kappa shape index (κ2) is 12.8. The van der Waals surface area contributed by atoms with Crippen LogP contribution < -0.4 is 14.8 Å². The molecule has 0 unspecified atom stereocenters. The molecule has 168 valence electrons. The summed E-state index contributed by atoms with van der Waals surface area (Å²) in [6, 6.07) is 14.0. The molecule has 1 atom stereocenters. The van der Waals surface area contributed by atoms with E-state index >= 15 is 0 Å². The maximum absolute atomic E-state index is 13.0. The Kier molecular flexibility index (Phi) is 10.2. The lowest BCUT2D eigenvalue weighted by Crippen LogP contribution is -2.47.